The van der Waals surface area contributed by atoms with E-state index in [0.29, 0.717) is 19.5 Å². The highest BCUT2D eigenvalue weighted by Crippen LogP contribution is 2.61. The van der Waals surface area contributed by atoms with Gasteiger partial charge in [-0.2, -0.15) is 0 Å². The molecule has 4 aliphatic heterocycles. The minimum absolute atomic E-state index is 0.0968. The van der Waals surface area contributed by atoms with Gasteiger partial charge < -0.3 is 19.8 Å². The average Bonchev–Trinajstić information content (AvgIpc) is 3.29. The molecule has 0 saturated carbocycles. The quantitative estimate of drug-likeness (QED) is 0.505. The molecule has 2 aromatic carbocycles. The molecule has 1 N–H and O–H groups in total. The molecular weight excluding hydrogens is 546 g/mol. The second kappa shape index (κ2) is 11.0. The molecule has 0 bridgehead atoms. The van der Waals surface area contributed by atoms with E-state index in [1.54, 1.807) is 26.5 Å². The summed E-state index contributed by atoms with van der Waals surface area (Å²) >= 11 is 1.57. The number of nitrogens with zero attached hydrogens (tertiary/aromatic N) is 3. The zero-order valence-corrected chi connectivity index (χ0v) is 25.5. The van der Waals surface area contributed by atoms with Gasteiger partial charge in [-0.3, -0.25) is 14.4 Å². The Kier molecular flexibility index (Phi) is 7.56. The summed E-state index contributed by atoms with van der Waals surface area (Å²) in [5, 5.41) is 10.4. The second-order valence-electron chi connectivity index (χ2n) is 12.4. The Morgan fingerprint density at radius 1 is 0.952 bits per heavy atom. The van der Waals surface area contributed by atoms with Gasteiger partial charge in [0.2, 0.25) is 11.8 Å². The third-order valence-corrected chi connectivity index (χ3v) is 10.9. The van der Waals surface area contributed by atoms with Crippen LogP contribution in [0.25, 0.3) is 0 Å². The zero-order valence-electron chi connectivity index (χ0n) is 24.6. The van der Waals surface area contributed by atoms with E-state index >= 15 is 0 Å². The lowest BCUT2D eigenvalue weighted by Crippen LogP contribution is -2.57. The van der Waals surface area contributed by atoms with E-state index in [1.807, 2.05) is 80.6 Å². The fourth-order valence-electron chi connectivity index (χ4n) is 7.36. The molecule has 220 valence electrons. The summed E-state index contributed by atoms with van der Waals surface area (Å²) < 4.78 is -0.930. The number of thioether (sulfide) groups is 1. The predicted molar refractivity (Wildman–Crippen MR) is 167 cm³/mol. The lowest BCUT2D eigenvalue weighted by molar-refractivity contribution is -0.142. The zero-order chi connectivity index (χ0) is 29.8. The third kappa shape index (κ3) is 4.51. The van der Waals surface area contributed by atoms with Gasteiger partial charge in [-0.25, -0.2) is 0 Å². The van der Waals surface area contributed by atoms with Crippen LogP contribution in [-0.2, 0) is 14.4 Å². The molecular formula is C34H39N3O4S. The Morgan fingerprint density at radius 2 is 1.69 bits per heavy atom. The summed E-state index contributed by atoms with van der Waals surface area (Å²) in [7, 11) is 0. The summed E-state index contributed by atoms with van der Waals surface area (Å²) in [5.74, 6) is -1.62. The van der Waals surface area contributed by atoms with Crippen LogP contribution in [0.4, 0.5) is 11.4 Å². The van der Waals surface area contributed by atoms with Gasteiger partial charge in [-0.1, -0.05) is 68.5 Å². The fraction of sp³-hybridized carbons (Fsp3) is 0.441. The van der Waals surface area contributed by atoms with Crippen LogP contribution in [0.1, 0.15) is 31.4 Å². The summed E-state index contributed by atoms with van der Waals surface area (Å²) in [5.41, 5.74) is 3.64. The first kappa shape index (κ1) is 28.7. The standard InChI is InChI=1S/C34H39N3O4S/c1-21(2)18-25(20-38)37-30-33(41)36(26-19-22(3)13-14-23(26)4)17-9-15-34(30)29(32(37)40)28-27(42-34)12-8-16-35(31(28)39)24-10-6-5-7-11-24/h5-15,19,21,25,27-30,38H,16-18,20H2,1-4H3/t25-,27-,28+,29+,30?,34+/m1/s1. The monoisotopic (exact) mass is 585 g/mol. The molecule has 0 aromatic heterocycles. The number of para-hydroxylation sites is 1. The second-order valence-corrected chi connectivity index (χ2v) is 13.9. The average molecular weight is 586 g/mol. The number of likely N-dealkylation sites (tertiary alicyclic amines) is 1. The van der Waals surface area contributed by atoms with Crippen molar-refractivity contribution < 1.29 is 19.5 Å². The van der Waals surface area contributed by atoms with E-state index in [1.165, 1.54) is 0 Å². The molecule has 3 amide bonds. The van der Waals surface area contributed by atoms with Crippen molar-refractivity contribution in [2.45, 2.75) is 56.2 Å². The highest BCUT2D eigenvalue weighted by molar-refractivity contribution is 8.02. The number of carbonyl (C=O) groups excluding carboxylic acids is 3. The number of amides is 3. The van der Waals surface area contributed by atoms with E-state index in [-0.39, 0.29) is 35.5 Å². The maximum absolute atomic E-state index is 14.8. The van der Waals surface area contributed by atoms with Crippen molar-refractivity contribution in [2.24, 2.45) is 17.8 Å². The molecule has 0 aliphatic carbocycles. The molecule has 1 spiro atoms. The van der Waals surface area contributed by atoms with Crippen molar-refractivity contribution in [3.63, 3.8) is 0 Å². The summed E-state index contributed by atoms with van der Waals surface area (Å²) in [6, 6.07) is 14.3. The largest absolute Gasteiger partial charge is 0.394 e. The molecule has 6 rings (SSSR count). The van der Waals surface area contributed by atoms with E-state index in [2.05, 4.69) is 19.9 Å². The van der Waals surface area contributed by atoms with Gasteiger partial charge >= 0.3 is 0 Å². The van der Waals surface area contributed by atoms with Crippen molar-refractivity contribution in [2.75, 3.05) is 29.5 Å². The van der Waals surface area contributed by atoms with E-state index in [9.17, 15) is 19.5 Å². The first-order chi connectivity index (χ1) is 20.2. The topological polar surface area (TPSA) is 81.2 Å². The van der Waals surface area contributed by atoms with Crippen molar-refractivity contribution >= 4 is 40.9 Å². The number of aliphatic hydroxyl groups is 1. The Morgan fingerprint density at radius 3 is 2.40 bits per heavy atom. The Labute approximate surface area is 252 Å². The van der Waals surface area contributed by atoms with Gasteiger partial charge in [0.05, 0.1) is 29.2 Å². The van der Waals surface area contributed by atoms with Crippen LogP contribution in [0.5, 0.6) is 0 Å². The Hall–Kier alpha value is -3.36. The van der Waals surface area contributed by atoms with Crippen molar-refractivity contribution in [3.8, 4) is 0 Å². The molecule has 4 heterocycles. The third-order valence-electron chi connectivity index (χ3n) is 9.17. The maximum Gasteiger partial charge on any atom is 0.251 e. The molecule has 1 unspecified atom stereocenters. The van der Waals surface area contributed by atoms with Gasteiger partial charge in [0, 0.05) is 29.7 Å². The first-order valence-electron chi connectivity index (χ1n) is 14.9. The number of rotatable bonds is 6. The minimum Gasteiger partial charge on any atom is -0.394 e. The van der Waals surface area contributed by atoms with E-state index in [0.717, 1.165) is 22.5 Å². The van der Waals surface area contributed by atoms with Crippen LogP contribution in [0.2, 0.25) is 0 Å². The van der Waals surface area contributed by atoms with Gasteiger partial charge in [-0.15, -0.1) is 11.8 Å². The molecule has 42 heavy (non-hydrogen) atoms. The van der Waals surface area contributed by atoms with Gasteiger partial charge in [0.25, 0.3) is 5.91 Å². The van der Waals surface area contributed by atoms with Crippen LogP contribution in [0.3, 0.4) is 0 Å². The van der Waals surface area contributed by atoms with Gasteiger partial charge in [0.1, 0.15) is 6.04 Å². The Balaban J connectivity index is 1.49. The number of hydrogen-bond donors (Lipinski definition) is 1. The molecule has 2 saturated heterocycles. The number of hydrogen-bond acceptors (Lipinski definition) is 5. The van der Waals surface area contributed by atoms with Crippen LogP contribution in [-0.4, -0.2) is 69.5 Å². The van der Waals surface area contributed by atoms with E-state index < -0.39 is 28.7 Å². The smallest absolute Gasteiger partial charge is 0.251 e. The molecule has 6 atom stereocenters. The highest BCUT2D eigenvalue weighted by atomic mass is 32.2. The normalized spacial score (nSPS) is 29.5. The number of aryl methyl sites for hydroxylation is 2. The van der Waals surface area contributed by atoms with Crippen LogP contribution in [0, 0.1) is 31.6 Å². The summed E-state index contributed by atoms with van der Waals surface area (Å²) in [6.45, 7) is 8.67. The summed E-state index contributed by atoms with van der Waals surface area (Å²) in [4.78, 5) is 49.1. The maximum atomic E-state index is 14.8. The van der Waals surface area contributed by atoms with Gasteiger partial charge in [0.15, 0.2) is 0 Å². The predicted octanol–water partition coefficient (Wildman–Crippen LogP) is 4.51. The highest BCUT2D eigenvalue weighted by Gasteiger charge is 2.71. The summed E-state index contributed by atoms with van der Waals surface area (Å²) in [6.07, 6.45) is 8.67. The van der Waals surface area contributed by atoms with Crippen molar-refractivity contribution in [3.05, 3.63) is 84.0 Å². The Bertz CT molecular complexity index is 1460. The molecule has 7 nitrogen and oxygen atoms in total. The number of anilines is 2. The molecule has 8 heteroatoms. The van der Waals surface area contributed by atoms with Crippen LogP contribution < -0.4 is 9.80 Å². The number of carbonyl (C=O) groups is 3. The van der Waals surface area contributed by atoms with Crippen molar-refractivity contribution in [1.29, 1.82) is 0 Å². The first-order valence-corrected chi connectivity index (χ1v) is 15.8. The van der Waals surface area contributed by atoms with Crippen LogP contribution in [0.15, 0.2) is 72.8 Å². The SMILES string of the molecule is Cc1ccc(C)c(N2CC=C[C@]34S[C@@H]5C=CCN(c6ccccc6)C(=O)[C@@H]5[C@H]3C(=O)N([C@@H](CO)CC(C)C)C4C2=O)c1. The van der Waals surface area contributed by atoms with Crippen LogP contribution >= 0.6 is 11.8 Å². The number of benzene rings is 2. The molecule has 4 aliphatic rings. The fourth-order valence-corrected chi connectivity index (χ4v) is 9.35. The number of fused-ring (bicyclic) bond motifs is 2. The molecule has 2 fully saturated rings. The number of aliphatic hydroxyl groups excluding tert-OH is 1. The lowest BCUT2D eigenvalue weighted by Gasteiger charge is -2.39. The molecule has 2 aromatic rings. The van der Waals surface area contributed by atoms with Crippen molar-refractivity contribution in [1.82, 2.24) is 4.90 Å². The molecule has 0 radical (unpaired) electrons. The van der Waals surface area contributed by atoms with Gasteiger partial charge in [-0.05, 0) is 55.5 Å². The van der Waals surface area contributed by atoms with E-state index in [4.69, 9.17) is 0 Å². The minimum atomic E-state index is -0.930. The lowest BCUT2D eigenvalue weighted by atomic mass is 9.78.